The number of phenolic OH excluding ortho intramolecular Hbond substituents is 1. The first-order valence-electron chi connectivity index (χ1n) is 6.84. The first-order chi connectivity index (χ1) is 11.4. The van der Waals surface area contributed by atoms with Gasteiger partial charge < -0.3 is 15.2 Å². The molecule has 0 fully saturated rings. The molecule has 0 heterocycles. The lowest BCUT2D eigenvalue weighted by Gasteiger charge is -2.13. The molecule has 0 unspecified atom stereocenters. The van der Waals surface area contributed by atoms with Gasteiger partial charge in [-0.2, -0.15) is 0 Å². The van der Waals surface area contributed by atoms with E-state index in [9.17, 15) is 9.90 Å². The molecule has 0 aromatic heterocycles. The van der Waals surface area contributed by atoms with Gasteiger partial charge in [-0.3, -0.25) is 10.1 Å². The molecule has 126 valence electrons. The summed E-state index contributed by atoms with van der Waals surface area (Å²) < 4.78 is 7.20. The Hall–Kier alpha value is -1.64. The van der Waals surface area contributed by atoms with E-state index < -0.39 is 5.91 Å². The third-order valence-corrected chi connectivity index (χ3v) is 4.20. The highest BCUT2D eigenvalue weighted by Crippen LogP contribution is 2.32. The number of benzene rings is 2. The molecule has 5 nitrogen and oxygen atoms in total. The zero-order valence-corrected chi connectivity index (χ0v) is 16.6. The van der Waals surface area contributed by atoms with E-state index in [1.54, 1.807) is 18.2 Å². The Kier molecular flexibility index (Phi) is 6.59. The first kappa shape index (κ1) is 18.7. The number of phenols is 1. The van der Waals surface area contributed by atoms with Crippen molar-refractivity contribution >= 4 is 60.8 Å². The van der Waals surface area contributed by atoms with Crippen LogP contribution in [0.1, 0.15) is 5.56 Å². The maximum Gasteiger partial charge on any atom is 0.264 e. The van der Waals surface area contributed by atoms with Crippen molar-refractivity contribution in [1.82, 2.24) is 5.32 Å². The third-order valence-electron chi connectivity index (χ3n) is 2.95. The molecule has 24 heavy (non-hydrogen) atoms. The number of anilines is 1. The highest BCUT2D eigenvalue weighted by molar-refractivity contribution is 9.11. The molecule has 0 saturated heterocycles. The van der Waals surface area contributed by atoms with Crippen molar-refractivity contribution in [3.63, 3.8) is 0 Å². The minimum Gasteiger partial charge on any atom is -0.506 e. The van der Waals surface area contributed by atoms with Gasteiger partial charge in [-0.1, -0.05) is 28.1 Å². The van der Waals surface area contributed by atoms with Crippen molar-refractivity contribution in [3.8, 4) is 11.5 Å². The maximum atomic E-state index is 11.9. The number of halogens is 2. The van der Waals surface area contributed by atoms with E-state index in [0.717, 1.165) is 14.5 Å². The molecule has 1 amide bonds. The normalized spacial score (nSPS) is 10.1. The summed E-state index contributed by atoms with van der Waals surface area (Å²) in [5, 5.41) is 15.0. The van der Waals surface area contributed by atoms with Crippen LogP contribution in [0.2, 0.25) is 0 Å². The summed E-state index contributed by atoms with van der Waals surface area (Å²) in [4.78, 5) is 11.9. The number of rotatable bonds is 4. The number of aryl methyl sites for hydroxylation is 1. The third kappa shape index (κ3) is 5.19. The van der Waals surface area contributed by atoms with Gasteiger partial charge in [-0.05, 0) is 64.9 Å². The molecule has 0 radical (unpaired) electrons. The van der Waals surface area contributed by atoms with Crippen molar-refractivity contribution in [3.05, 3.63) is 50.9 Å². The maximum absolute atomic E-state index is 11.9. The Balaban J connectivity index is 1.90. The van der Waals surface area contributed by atoms with E-state index in [1.807, 2.05) is 19.1 Å². The molecule has 8 heteroatoms. The Morgan fingerprint density at radius 2 is 2.00 bits per heavy atom. The number of hydrogen-bond acceptors (Lipinski definition) is 4. The SMILES string of the molecule is Cc1cc(Br)cc(Br)c1OCC(=O)NC(=S)Nc1ccccc1O. The Labute approximate surface area is 161 Å². The summed E-state index contributed by atoms with van der Waals surface area (Å²) in [5.74, 6) is 0.227. The molecular formula is C16H14Br2N2O3S. The summed E-state index contributed by atoms with van der Waals surface area (Å²) in [5.41, 5.74) is 1.30. The van der Waals surface area contributed by atoms with Crippen LogP contribution in [0, 0.1) is 6.92 Å². The number of carbonyl (C=O) groups is 1. The molecule has 2 aromatic rings. The molecule has 0 aliphatic rings. The zero-order chi connectivity index (χ0) is 17.7. The molecule has 0 aliphatic heterocycles. The van der Waals surface area contributed by atoms with Crippen LogP contribution in [-0.2, 0) is 4.79 Å². The zero-order valence-electron chi connectivity index (χ0n) is 12.6. The van der Waals surface area contributed by atoms with Gasteiger partial charge in [0.05, 0.1) is 10.2 Å². The number of carbonyl (C=O) groups excluding carboxylic acids is 1. The fourth-order valence-corrected chi connectivity index (χ4v) is 3.68. The topological polar surface area (TPSA) is 70.6 Å². The van der Waals surface area contributed by atoms with Gasteiger partial charge in [0, 0.05) is 4.47 Å². The van der Waals surface area contributed by atoms with E-state index in [1.165, 1.54) is 6.07 Å². The molecule has 0 spiro atoms. The summed E-state index contributed by atoms with van der Waals surface area (Å²) >= 11 is 11.8. The van der Waals surface area contributed by atoms with E-state index in [4.69, 9.17) is 17.0 Å². The first-order valence-corrected chi connectivity index (χ1v) is 8.83. The highest BCUT2D eigenvalue weighted by atomic mass is 79.9. The van der Waals surface area contributed by atoms with Crippen molar-refractivity contribution in [2.45, 2.75) is 6.92 Å². The quantitative estimate of drug-likeness (QED) is 0.460. The second kappa shape index (κ2) is 8.46. The summed E-state index contributed by atoms with van der Waals surface area (Å²) in [6, 6.07) is 10.3. The van der Waals surface area contributed by atoms with Crippen molar-refractivity contribution < 1.29 is 14.6 Å². The van der Waals surface area contributed by atoms with E-state index in [0.29, 0.717) is 11.4 Å². The fourth-order valence-electron chi connectivity index (χ4n) is 1.91. The van der Waals surface area contributed by atoms with E-state index >= 15 is 0 Å². The van der Waals surface area contributed by atoms with Crippen LogP contribution in [0.25, 0.3) is 0 Å². The van der Waals surface area contributed by atoms with Crippen LogP contribution < -0.4 is 15.4 Å². The number of aromatic hydroxyl groups is 1. The summed E-state index contributed by atoms with van der Waals surface area (Å²) in [6.45, 7) is 1.69. The van der Waals surface area contributed by atoms with Crippen LogP contribution in [0.5, 0.6) is 11.5 Å². The second-order valence-electron chi connectivity index (χ2n) is 4.84. The standard InChI is InChI=1S/C16H14Br2N2O3S/c1-9-6-10(17)7-11(18)15(9)23-8-14(22)20-16(24)19-12-4-2-3-5-13(12)21/h2-7,21H,8H2,1H3,(H2,19,20,22,24). The van der Waals surface area contributed by atoms with E-state index in [-0.39, 0.29) is 17.5 Å². The average Bonchev–Trinajstić information content (AvgIpc) is 2.48. The van der Waals surface area contributed by atoms with E-state index in [2.05, 4.69) is 42.5 Å². The van der Waals surface area contributed by atoms with Gasteiger partial charge in [0.1, 0.15) is 11.5 Å². The molecule has 2 rings (SSSR count). The molecule has 0 atom stereocenters. The van der Waals surface area contributed by atoms with Crippen molar-refractivity contribution in [2.75, 3.05) is 11.9 Å². The molecule has 0 saturated carbocycles. The van der Waals surface area contributed by atoms with Crippen LogP contribution in [0.3, 0.4) is 0 Å². The number of thiocarbonyl (C=S) groups is 1. The minimum absolute atomic E-state index is 0.0415. The fraction of sp³-hybridized carbons (Fsp3) is 0.125. The van der Waals surface area contributed by atoms with Gasteiger partial charge >= 0.3 is 0 Å². The Morgan fingerprint density at radius 3 is 2.67 bits per heavy atom. The lowest BCUT2D eigenvalue weighted by molar-refractivity contribution is -0.121. The van der Waals surface area contributed by atoms with Crippen molar-refractivity contribution in [1.29, 1.82) is 0 Å². The van der Waals surface area contributed by atoms with Gasteiger partial charge in [0.15, 0.2) is 11.7 Å². The predicted octanol–water partition coefficient (Wildman–Crippen LogP) is 4.12. The predicted molar refractivity (Wildman–Crippen MR) is 105 cm³/mol. The summed E-state index contributed by atoms with van der Waals surface area (Å²) in [7, 11) is 0. The Morgan fingerprint density at radius 1 is 1.29 bits per heavy atom. The highest BCUT2D eigenvalue weighted by Gasteiger charge is 2.11. The minimum atomic E-state index is -0.405. The molecule has 3 N–H and O–H groups in total. The van der Waals surface area contributed by atoms with Gasteiger partial charge in [-0.15, -0.1) is 0 Å². The van der Waals surface area contributed by atoms with Crippen molar-refractivity contribution in [2.24, 2.45) is 0 Å². The smallest absolute Gasteiger partial charge is 0.264 e. The van der Waals surface area contributed by atoms with Crippen LogP contribution in [-0.4, -0.2) is 22.7 Å². The van der Waals surface area contributed by atoms with Gasteiger partial charge in [-0.25, -0.2) is 0 Å². The van der Waals surface area contributed by atoms with Gasteiger partial charge in [0.25, 0.3) is 5.91 Å². The number of amides is 1. The Bertz CT molecular complexity index is 761. The number of hydrogen-bond donors (Lipinski definition) is 3. The number of nitrogens with one attached hydrogen (secondary N) is 2. The second-order valence-corrected chi connectivity index (χ2v) is 7.02. The monoisotopic (exact) mass is 472 g/mol. The lowest BCUT2D eigenvalue weighted by atomic mass is 10.2. The van der Waals surface area contributed by atoms with Crippen LogP contribution in [0.4, 0.5) is 5.69 Å². The average molecular weight is 474 g/mol. The largest absolute Gasteiger partial charge is 0.506 e. The number of ether oxygens (including phenoxy) is 1. The van der Waals surface area contributed by atoms with Gasteiger partial charge in [0.2, 0.25) is 0 Å². The lowest BCUT2D eigenvalue weighted by Crippen LogP contribution is -2.37. The molecule has 0 bridgehead atoms. The molecular weight excluding hydrogens is 460 g/mol. The molecule has 0 aliphatic carbocycles. The van der Waals surface area contributed by atoms with Crippen LogP contribution in [0.15, 0.2) is 45.3 Å². The number of para-hydroxylation sites is 2. The summed E-state index contributed by atoms with van der Waals surface area (Å²) in [6.07, 6.45) is 0. The van der Waals surface area contributed by atoms with Crippen LogP contribution >= 0.6 is 44.1 Å². The molecule has 2 aromatic carbocycles.